The number of carbonyl (C=O) groups excluding carboxylic acids is 1. The lowest BCUT2D eigenvalue weighted by Gasteiger charge is -2.25. The molecule has 1 unspecified atom stereocenters. The zero-order valence-electron chi connectivity index (χ0n) is 17.8. The molecule has 8 heteroatoms. The van der Waals surface area contributed by atoms with Gasteiger partial charge in [-0.05, 0) is 43.7 Å². The van der Waals surface area contributed by atoms with Crippen molar-refractivity contribution in [1.82, 2.24) is 20.1 Å². The van der Waals surface area contributed by atoms with E-state index in [2.05, 4.69) is 21.3 Å². The number of nitrogens with zero attached hydrogens (tertiary/aromatic N) is 5. The first-order valence-corrected chi connectivity index (χ1v) is 10.7. The number of halogens is 1. The van der Waals surface area contributed by atoms with Gasteiger partial charge in [-0.25, -0.2) is 4.98 Å². The molecule has 32 heavy (non-hydrogen) atoms. The SMILES string of the molecule is Cc1cc(C(=O)N2CC([C@H](C)Oc3ccc(C#N)cn3)[C@@H](c3ccc(Cl)cc3)C2)cnn1. The van der Waals surface area contributed by atoms with Gasteiger partial charge in [-0.2, -0.15) is 15.5 Å². The van der Waals surface area contributed by atoms with Gasteiger partial charge in [-0.3, -0.25) is 4.79 Å². The van der Waals surface area contributed by atoms with Crippen LogP contribution in [0.25, 0.3) is 0 Å². The maximum absolute atomic E-state index is 13.2. The molecule has 0 saturated carbocycles. The molecule has 1 amide bonds. The fraction of sp³-hybridized carbons (Fsp3) is 0.292. The summed E-state index contributed by atoms with van der Waals surface area (Å²) in [6.45, 7) is 4.89. The molecule has 162 valence electrons. The van der Waals surface area contributed by atoms with Gasteiger partial charge in [0.05, 0.1) is 23.0 Å². The summed E-state index contributed by atoms with van der Waals surface area (Å²) in [6.07, 6.45) is 2.77. The average Bonchev–Trinajstić information content (AvgIpc) is 3.25. The second-order valence-electron chi connectivity index (χ2n) is 7.94. The highest BCUT2D eigenvalue weighted by Crippen LogP contribution is 2.37. The molecule has 1 saturated heterocycles. The van der Waals surface area contributed by atoms with Crippen molar-refractivity contribution in [2.24, 2.45) is 5.92 Å². The van der Waals surface area contributed by atoms with Crippen LogP contribution in [-0.2, 0) is 0 Å². The van der Waals surface area contributed by atoms with E-state index in [9.17, 15) is 4.79 Å². The normalized spacial score (nSPS) is 18.8. The lowest BCUT2D eigenvalue weighted by Crippen LogP contribution is -2.32. The smallest absolute Gasteiger partial charge is 0.255 e. The summed E-state index contributed by atoms with van der Waals surface area (Å²) in [5.74, 6) is 0.479. The van der Waals surface area contributed by atoms with Crippen molar-refractivity contribution in [3.63, 3.8) is 0 Å². The topological polar surface area (TPSA) is 92.0 Å². The molecule has 0 spiro atoms. The first-order valence-electron chi connectivity index (χ1n) is 10.3. The minimum atomic E-state index is -0.216. The monoisotopic (exact) mass is 447 g/mol. The lowest BCUT2D eigenvalue weighted by atomic mass is 9.86. The van der Waals surface area contributed by atoms with Crippen LogP contribution in [0.2, 0.25) is 5.02 Å². The number of amides is 1. The number of carbonyl (C=O) groups is 1. The molecule has 4 rings (SSSR count). The number of ether oxygens (including phenoxy) is 1. The van der Waals surface area contributed by atoms with E-state index in [1.165, 1.54) is 12.4 Å². The van der Waals surface area contributed by atoms with E-state index in [1.807, 2.05) is 43.0 Å². The molecule has 0 radical (unpaired) electrons. The van der Waals surface area contributed by atoms with E-state index in [1.54, 1.807) is 18.2 Å². The van der Waals surface area contributed by atoms with Crippen LogP contribution in [0.4, 0.5) is 0 Å². The quantitative estimate of drug-likeness (QED) is 0.586. The van der Waals surface area contributed by atoms with Crippen molar-refractivity contribution in [1.29, 1.82) is 5.26 Å². The number of aryl methyl sites for hydroxylation is 1. The fourth-order valence-electron chi connectivity index (χ4n) is 4.10. The molecule has 0 N–H and O–H groups in total. The standard InChI is InChI=1S/C24H22ClN5O2/c1-15-9-19(12-28-29-15)24(31)30-13-21(22(14-30)18-4-6-20(25)7-5-18)16(2)32-23-8-3-17(10-26)11-27-23/h3-9,11-12,16,21-22H,13-14H2,1-2H3/t16-,21?,22+/m0/s1. The zero-order chi connectivity index (χ0) is 22.7. The van der Waals surface area contributed by atoms with E-state index in [0.29, 0.717) is 40.8 Å². The van der Waals surface area contributed by atoms with E-state index in [4.69, 9.17) is 21.6 Å². The summed E-state index contributed by atoms with van der Waals surface area (Å²) in [5, 5.41) is 17.5. The number of aromatic nitrogens is 3. The number of rotatable bonds is 5. The van der Waals surface area contributed by atoms with Crippen molar-refractivity contribution < 1.29 is 9.53 Å². The van der Waals surface area contributed by atoms with Crippen LogP contribution < -0.4 is 4.74 Å². The molecule has 3 heterocycles. The number of likely N-dealkylation sites (tertiary alicyclic amines) is 1. The molecule has 0 aliphatic carbocycles. The number of benzene rings is 1. The summed E-state index contributed by atoms with van der Waals surface area (Å²) in [7, 11) is 0. The largest absolute Gasteiger partial charge is 0.474 e. The van der Waals surface area contributed by atoms with Crippen LogP contribution in [-0.4, -0.2) is 45.2 Å². The van der Waals surface area contributed by atoms with Gasteiger partial charge in [0, 0.05) is 42.2 Å². The Morgan fingerprint density at radius 2 is 2.00 bits per heavy atom. The molecule has 1 aliphatic heterocycles. The molecule has 1 fully saturated rings. The fourth-order valence-corrected chi connectivity index (χ4v) is 4.23. The Morgan fingerprint density at radius 3 is 2.66 bits per heavy atom. The maximum Gasteiger partial charge on any atom is 0.255 e. The molecule has 3 atom stereocenters. The predicted octanol–water partition coefficient (Wildman–Crippen LogP) is 4.03. The maximum atomic E-state index is 13.2. The third-order valence-corrected chi connectivity index (χ3v) is 6.00. The highest BCUT2D eigenvalue weighted by molar-refractivity contribution is 6.30. The van der Waals surface area contributed by atoms with Crippen LogP contribution in [0, 0.1) is 24.2 Å². The van der Waals surface area contributed by atoms with Gasteiger partial charge in [-0.15, -0.1) is 0 Å². The average molecular weight is 448 g/mol. The van der Waals surface area contributed by atoms with Crippen LogP contribution >= 0.6 is 11.6 Å². The molecular formula is C24H22ClN5O2. The summed E-state index contributed by atoms with van der Waals surface area (Å²) in [5.41, 5.74) is 2.80. The Kier molecular flexibility index (Phi) is 6.33. The lowest BCUT2D eigenvalue weighted by molar-refractivity contribution is 0.0769. The highest BCUT2D eigenvalue weighted by Gasteiger charge is 2.40. The molecule has 0 bridgehead atoms. The summed E-state index contributed by atoms with van der Waals surface area (Å²) < 4.78 is 6.12. The molecule has 3 aromatic rings. The van der Waals surface area contributed by atoms with Crippen molar-refractivity contribution in [3.05, 3.63) is 82.3 Å². The van der Waals surface area contributed by atoms with Gasteiger partial charge in [0.15, 0.2) is 0 Å². The Bertz CT molecular complexity index is 1140. The predicted molar refractivity (Wildman–Crippen MR) is 119 cm³/mol. The minimum absolute atomic E-state index is 0.0356. The van der Waals surface area contributed by atoms with E-state index >= 15 is 0 Å². The Morgan fingerprint density at radius 1 is 1.22 bits per heavy atom. The molecule has 7 nitrogen and oxygen atoms in total. The number of hydrogen-bond donors (Lipinski definition) is 0. The Hall–Kier alpha value is -3.50. The highest BCUT2D eigenvalue weighted by atomic mass is 35.5. The molecule has 2 aromatic heterocycles. The number of hydrogen-bond acceptors (Lipinski definition) is 6. The van der Waals surface area contributed by atoms with E-state index < -0.39 is 0 Å². The van der Waals surface area contributed by atoms with Gasteiger partial charge >= 0.3 is 0 Å². The third-order valence-electron chi connectivity index (χ3n) is 5.75. The number of nitriles is 1. The van der Waals surface area contributed by atoms with Crippen LogP contribution in [0.1, 0.15) is 40.0 Å². The molecule has 1 aromatic carbocycles. The Labute approximate surface area is 191 Å². The van der Waals surface area contributed by atoms with Gasteiger partial charge < -0.3 is 9.64 Å². The van der Waals surface area contributed by atoms with E-state index in [0.717, 1.165) is 5.56 Å². The van der Waals surface area contributed by atoms with Gasteiger partial charge in [-0.1, -0.05) is 23.7 Å². The summed E-state index contributed by atoms with van der Waals surface area (Å²) >= 11 is 6.09. The zero-order valence-corrected chi connectivity index (χ0v) is 18.5. The van der Waals surface area contributed by atoms with Crippen molar-refractivity contribution in [3.8, 4) is 11.9 Å². The molecule has 1 aliphatic rings. The summed E-state index contributed by atoms with van der Waals surface area (Å²) in [6, 6.07) is 14.9. The first kappa shape index (κ1) is 21.7. The van der Waals surface area contributed by atoms with Crippen LogP contribution in [0.5, 0.6) is 5.88 Å². The van der Waals surface area contributed by atoms with Gasteiger partial charge in [0.25, 0.3) is 5.91 Å². The van der Waals surface area contributed by atoms with Crippen LogP contribution in [0.15, 0.2) is 54.9 Å². The second-order valence-corrected chi connectivity index (χ2v) is 8.37. The minimum Gasteiger partial charge on any atom is -0.474 e. The van der Waals surface area contributed by atoms with Crippen LogP contribution in [0.3, 0.4) is 0 Å². The van der Waals surface area contributed by atoms with Gasteiger partial charge in [0.2, 0.25) is 5.88 Å². The van der Waals surface area contributed by atoms with Crippen molar-refractivity contribution >= 4 is 17.5 Å². The van der Waals surface area contributed by atoms with E-state index in [-0.39, 0.29) is 23.8 Å². The molecular weight excluding hydrogens is 426 g/mol. The number of pyridine rings is 1. The first-order chi connectivity index (χ1) is 15.4. The third kappa shape index (κ3) is 4.71. The summed E-state index contributed by atoms with van der Waals surface area (Å²) in [4.78, 5) is 19.2. The van der Waals surface area contributed by atoms with Crippen molar-refractivity contribution in [2.45, 2.75) is 25.9 Å². The Balaban J connectivity index is 1.58. The second kappa shape index (κ2) is 9.33. The van der Waals surface area contributed by atoms with Gasteiger partial charge in [0.1, 0.15) is 12.2 Å². The van der Waals surface area contributed by atoms with Crippen molar-refractivity contribution in [2.75, 3.05) is 13.1 Å².